The zero-order chi connectivity index (χ0) is 29.5. The van der Waals surface area contributed by atoms with E-state index < -0.39 is 15.9 Å². The van der Waals surface area contributed by atoms with Gasteiger partial charge in [-0.1, -0.05) is 54.6 Å². The van der Waals surface area contributed by atoms with Crippen LogP contribution < -0.4 is 25.8 Å². The van der Waals surface area contributed by atoms with Crippen LogP contribution in [0.1, 0.15) is 10.4 Å². The predicted octanol–water partition coefficient (Wildman–Crippen LogP) is 5.71. The summed E-state index contributed by atoms with van der Waals surface area (Å²) in [7, 11) is -2.54. The number of hydrogen-bond acceptors (Lipinski definition) is 8. The first-order valence-electron chi connectivity index (χ1n) is 13.0. The molecule has 0 unspecified atom stereocenters. The Hall–Kier alpha value is -4.87. The summed E-state index contributed by atoms with van der Waals surface area (Å²) in [6.07, 6.45) is 0. The first-order valence-corrected chi connectivity index (χ1v) is 15.4. The quantitative estimate of drug-likeness (QED) is 0.113. The largest absolute Gasteiger partial charge is 0.497 e. The fourth-order valence-electron chi connectivity index (χ4n) is 4.22. The second kappa shape index (κ2) is 12.8. The highest BCUT2D eigenvalue weighted by atomic mass is 32.2. The van der Waals surface area contributed by atoms with E-state index in [-0.39, 0.29) is 16.1 Å². The van der Waals surface area contributed by atoms with Crippen molar-refractivity contribution in [2.24, 2.45) is 0 Å². The van der Waals surface area contributed by atoms with Gasteiger partial charge in [0.15, 0.2) is 5.13 Å². The third kappa shape index (κ3) is 6.88. The molecule has 9 nitrogen and oxygen atoms in total. The summed E-state index contributed by atoms with van der Waals surface area (Å²) in [6, 6.07) is 28.2. The maximum absolute atomic E-state index is 13.3. The molecule has 1 amide bonds. The zero-order valence-electron chi connectivity index (χ0n) is 22.7. The van der Waals surface area contributed by atoms with Crippen LogP contribution in [0.2, 0.25) is 0 Å². The summed E-state index contributed by atoms with van der Waals surface area (Å²) in [5.74, 6) is -0.0285. The number of benzene rings is 4. The number of aromatic nitrogens is 1. The van der Waals surface area contributed by atoms with E-state index in [0.717, 1.165) is 27.5 Å². The number of amides is 1. The Morgan fingerprint density at radius 2 is 1.64 bits per heavy atom. The van der Waals surface area contributed by atoms with Crippen LogP contribution in [0.4, 0.5) is 16.5 Å². The Labute approximate surface area is 248 Å². The molecule has 5 N–H and O–H groups in total. The fourth-order valence-corrected chi connectivity index (χ4v) is 6.04. The van der Waals surface area contributed by atoms with E-state index in [9.17, 15) is 13.2 Å². The number of carbonyl (C=O) groups excluding carboxylic acids is 1. The number of thiazole rings is 1. The van der Waals surface area contributed by atoms with Crippen molar-refractivity contribution in [3.8, 4) is 28.1 Å². The lowest BCUT2D eigenvalue weighted by Gasteiger charge is -2.15. The van der Waals surface area contributed by atoms with Gasteiger partial charge in [-0.25, -0.2) is 13.4 Å². The molecule has 0 saturated carbocycles. The van der Waals surface area contributed by atoms with Crippen LogP contribution in [0.3, 0.4) is 0 Å². The second-order valence-electron chi connectivity index (χ2n) is 9.25. The van der Waals surface area contributed by atoms with Gasteiger partial charge in [0.25, 0.3) is 15.9 Å². The summed E-state index contributed by atoms with van der Waals surface area (Å²) in [6.45, 7) is 0.729. The Morgan fingerprint density at radius 1 is 0.881 bits per heavy atom. The average molecular weight is 600 g/mol. The molecule has 0 saturated heterocycles. The van der Waals surface area contributed by atoms with Gasteiger partial charge >= 0.3 is 0 Å². The molecule has 0 spiro atoms. The van der Waals surface area contributed by atoms with E-state index in [1.807, 2.05) is 53.9 Å². The normalized spacial score (nSPS) is 11.1. The number of nitrogens with two attached hydrogens (primary N) is 1. The van der Waals surface area contributed by atoms with Gasteiger partial charge in [-0.05, 0) is 47.5 Å². The van der Waals surface area contributed by atoms with E-state index in [0.29, 0.717) is 24.5 Å². The van der Waals surface area contributed by atoms with Gasteiger partial charge in [0.05, 0.1) is 29.0 Å². The molecule has 1 aromatic heterocycles. The number of hydrogen-bond donors (Lipinski definition) is 4. The van der Waals surface area contributed by atoms with E-state index in [1.54, 1.807) is 24.3 Å². The van der Waals surface area contributed by atoms with E-state index >= 15 is 0 Å². The predicted molar refractivity (Wildman–Crippen MR) is 168 cm³/mol. The molecule has 11 heteroatoms. The van der Waals surface area contributed by atoms with Crippen LogP contribution in [0.15, 0.2) is 107 Å². The number of methoxy groups -OCH3 is 1. The van der Waals surface area contributed by atoms with Crippen molar-refractivity contribution in [2.45, 2.75) is 4.90 Å². The molecule has 42 heavy (non-hydrogen) atoms. The third-order valence-electron chi connectivity index (χ3n) is 6.36. The van der Waals surface area contributed by atoms with Gasteiger partial charge in [-0.2, -0.15) is 0 Å². The molecular weight excluding hydrogens is 571 g/mol. The standard InChI is InChI=1S/C31H29N5O4S2/c1-40-25-12-15-27(30(37)33-16-17-34-31-35-29(20-41-31)22-6-3-2-4-7-22)28(19-25)36-42(38,39)26-13-10-21(11-14-26)23-8-5-9-24(32)18-23/h2-15,18-20,36H,16-17,32H2,1H3,(H,33,37)(H,34,35). The van der Waals surface area contributed by atoms with Crippen molar-refractivity contribution < 1.29 is 17.9 Å². The van der Waals surface area contributed by atoms with Gasteiger partial charge in [0.2, 0.25) is 0 Å². The first-order chi connectivity index (χ1) is 20.3. The summed E-state index contributed by atoms with van der Waals surface area (Å²) < 4.78 is 34.4. The van der Waals surface area contributed by atoms with Crippen LogP contribution in [-0.4, -0.2) is 39.5 Å². The lowest BCUT2D eigenvalue weighted by Crippen LogP contribution is -2.29. The molecule has 1 heterocycles. The SMILES string of the molecule is COc1ccc(C(=O)NCCNc2nc(-c3ccccc3)cs2)c(NS(=O)(=O)c2ccc(-c3cccc(N)c3)cc2)c1. The highest BCUT2D eigenvalue weighted by Gasteiger charge is 2.20. The van der Waals surface area contributed by atoms with E-state index in [1.165, 1.54) is 42.7 Å². The topological polar surface area (TPSA) is 135 Å². The Morgan fingerprint density at radius 3 is 2.38 bits per heavy atom. The maximum Gasteiger partial charge on any atom is 0.261 e. The van der Waals surface area contributed by atoms with Crippen molar-refractivity contribution >= 4 is 43.8 Å². The number of rotatable bonds is 11. The first kappa shape index (κ1) is 28.7. The van der Waals surface area contributed by atoms with E-state index in [2.05, 4.69) is 20.3 Å². The number of sulfonamides is 1. The van der Waals surface area contributed by atoms with Crippen LogP contribution in [-0.2, 0) is 10.0 Å². The molecule has 0 radical (unpaired) electrons. The number of ether oxygens (including phenoxy) is 1. The molecule has 0 aliphatic rings. The maximum atomic E-state index is 13.3. The fraction of sp³-hybridized carbons (Fsp3) is 0.0968. The van der Waals surface area contributed by atoms with Crippen LogP contribution in [0, 0.1) is 0 Å². The van der Waals surface area contributed by atoms with Gasteiger partial charge < -0.3 is 21.1 Å². The van der Waals surface area contributed by atoms with Gasteiger partial charge in [0.1, 0.15) is 5.75 Å². The molecule has 0 atom stereocenters. The minimum absolute atomic E-state index is 0.0480. The molecule has 0 aliphatic heterocycles. The van der Waals surface area contributed by atoms with Crippen LogP contribution >= 0.6 is 11.3 Å². The molecule has 0 fully saturated rings. The number of nitrogen functional groups attached to an aromatic ring is 1. The summed E-state index contributed by atoms with van der Waals surface area (Å²) in [5, 5.41) is 8.75. The van der Waals surface area contributed by atoms with Crippen LogP contribution in [0.5, 0.6) is 5.75 Å². The van der Waals surface area contributed by atoms with E-state index in [4.69, 9.17) is 10.5 Å². The number of nitrogens with one attached hydrogen (secondary N) is 3. The third-order valence-corrected chi connectivity index (χ3v) is 8.54. The number of anilines is 3. The average Bonchev–Trinajstić information content (AvgIpc) is 3.48. The molecule has 4 aromatic carbocycles. The lowest BCUT2D eigenvalue weighted by atomic mass is 10.1. The smallest absolute Gasteiger partial charge is 0.261 e. The molecule has 0 aliphatic carbocycles. The van der Waals surface area contributed by atoms with Crippen molar-refractivity contribution in [1.29, 1.82) is 0 Å². The Kier molecular flexibility index (Phi) is 8.70. The minimum atomic E-state index is -4.01. The molecular formula is C31H29N5O4S2. The van der Waals surface area contributed by atoms with Crippen molar-refractivity contribution in [3.63, 3.8) is 0 Å². The second-order valence-corrected chi connectivity index (χ2v) is 11.8. The molecule has 0 bridgehead atoms. The summed E-state index contributed by atoms with van der Waals surface area (Å²) in [5.41, 5.74) is 10.4. The summed E-state index contributed by atoms with van der Waals surface area (Å²) >= 11 is 1.48. The zero-order valence-corrected chi connectivity index (χ0v) is 24.3. The number of nitrogens with zero attached hydrogens (tertiary/aromatic N) is 1. The van der Waals surface area contributed by atoms with Crippen LogP contribution in [0.25, 0.3) is 22.4 Å². The van der Waals surface area contributed by atoms with Crippen molar-refractivity contribution in [2.75, 3.05) is 36.0 Å². The Balaban J connectivity index is 1.24. The summed E-state index contributed by atoms with van der Waals surface area (Å²) in [4.78, 5) is 17.7. The molecule has 214 valence electrons. The van der Waals surface area contributed by atoms with Crippen molar-refractivity contribution in [3.05, 3.63) is 108 Å². The minimum Gasteiger partial charge on any atom is -0.497 e. The van der Waals surface area contributed by atoms with Crippen molar-refractivity contribution in [1.82, 2.24) is 10.3 Å². The highest BCUT2D eigenvalue weighted by molar-refractivity contribution is 7.92. The Bertz CT molecular complexity index is 1790. The van der Waals surface area contributed by atoms with Gasteiger partial charge in [-0.3, -0.25) is 9.52 Å². The van der Waals surface area contributed by atoms with Gasteiger partial charge in [-0.15, -0.1) is 11.3 Å². The lowest BCUT2D eigenvalue weighted by molar-refractivity contribution is 0.0956. The highest BCUT2D eigenvalue weighted by Crippen LogP contribution is 2.28. The molecule has 5 rings (SSSR count). The number of carbonyl (C=O) groups is 1. The monoisotopic (exact) mass is 599 g/mol. The molecule has 5 aromatic rings. The van der Waals surface area contributed by atoms with Gasteiger partial charge in [0, 0.05) is 35.8 Å².